The zero-order valence-electron chi connectivity index (χ0n) is 16.4. The molecule has 0 heterocycles. The lowest BCUT2D eigenvalue weighted by atomic mass is 10.1. The van der Waals surface area contributed by atoms with Gasteiger partial charge >= 0.3 is 0 Å². The van der Waals surface area contributed by atoms with Gasteiger partial charge in [-0.15, -0.1) is 0 Å². The molecule has 2 N–H and O–H groups in total. The van der Waals surface area contributed by atoms with E-state index in [4.69, 9.17) is 4.74 Å². The van der Waals surface area contributed by atoms with E-state index in [9.17, 15) is 14.0 Å². The van der Waals surface area contributed by atoms with E-state index in [0.29, 0.717) is 11.3 Å². The molecule has 0 saturated heterocycles. The maximum atomic E-state index is 13.8. The van der Waals surface area contributed by atoms with Crippen molar-refractivity contribution in [3.63, 3.8) is 0 Å². The summed E-state index contributed by atoms with van der Waals surface area (Å²) in [5, 5.41) is 7.22. The number of hydrogen-bond donors (Lipinski definition) is 2. The average Bonchev–Trinajstić information content (AvgIpc) is 2.70. The van der Waals surface area contributed by atoms with Crippen LogP contribution in [0.15, 0.2) is 60.7 Å². The number of halogens is 1. The van der Waals surface area contributed by atoms with Crippen molar-refractivity contribution in [2.75, 3.05) is 6.61 Å². The van der Waals surface area contributed by atoms with Gasteiger partial charge in [0.25, 0.3) is 11.8 Å². The van der Waals surface area contributed by atoms with Crippen LogP contribution in [0.4, 0.5) is 4.39 Å². The van der Waals surface area contributed by atoms with Crippen molar-refractivity contribution < 1.29 is 18.7 Å². The first-order chi connectivity index (χ1) is 13.9. The van der Waals surface area contributed by atoms with E-state index in [1.807, 2.05) is 38.1 Å². The van der Waals surface area contributed by atoms with Gasteiger partial charge in [0, 0.05) is 18.2 Å². The molecule has 0 aliphatic rings. The highest BCUT2D eigenvalue weighted by Gasteiger charge is 2.16. The second kappa shape index (κ2) is 9.19. The Kier molecular flexibility index (Phi) is 6.44. The lowest BCUT2D eigenvalue weighted by Crippen LogP contribution is -2.34. The largest absolute Gasteiger partial charge is 0.483 e. The molecule has 0 aliphatic heterocycles. The van der Waals surface area contributed by atoms with Crippen LogP contribution in [-0.4, -0.2) is 24.5 Å². The maximum absolute atomic E-state index is 13.8. The third-order valence-electron chi connectivity index (χ3n) is 4.30. The normalized spacial score (nSPS) is 10.8. The maximum Gasteiger partial charge on any atom is 0.258 e. The second-order valence-corrected chi connectivity index (χ2v) is 6.98. The molecule has 3 aromatic carbocycles. The molecule has 0 atom stereocenters. The first kappa shape index (κ1) is 20.3. The zero-order valence-corrected chi connectivity index (χ0v) is 16.4. The molecule has 0 spiro atoms. The molecule has 3 aromatic rings. The van der Waals surface area contributed by atoms with Crippen molar-refractivity contribution in [1.29, 1.82) is 0 Å². The van der Waals surface area contributed by atoms with Crippen LogP contribution in [0.3, 0.4) is 0 Å². The molecular weight excluding hydrogens is 371 g/mol. The molecule has 0 aliphatic carbocycles. The minimum absolute atomic E-state index is 0.00811. The highest BCUT2D eigenvalue weighted by molar-refractivity contribution is 6.01. The van der Waals surface area contributed by atoms with Crippen LogP contribution in [0.5, 0.6) is 5.75 Å². The number of benzene rings is 3. The van der Waals surface area contributed by atoms with E-state index in [0.717, 1.165) is 10.8 Å². The average molecular weight is 394 g/mol. The van der Waals surface area contributed by atoms with E-state index in [-0.39, 0.29) is 36.5 Å². The number of amides is 2. The number of nitrogens with one attached hydrogen (secondary N) is 2. The fraction of sp³-hybridized carbons (Fsp3) is 0.217. The first-order valence-corrected chi connectivity index (χ1v) is 9.40. The van der Waals surface area contributed by atoms with Gasteiger partial charge in [0.2, 0.25) is 0 Å². The molecule has 0 saturated carbocycles. The van der Waals surface area contributed by atoms with Crippen LogP contribution in [0, 0.1) is 5.82 Å². The van der Waals surface area contributed by atoms with E-state index < -0.39 is 5.91 Å². The summed E-state index contributed by atoms with van der Waals surface area (Å²) in [6.07, 6.45) is 0. The smallest absolute Gasteiger partial charge is 0.258 e. The molecule has 0 aromatic heterocycles. The summed E-state index contributed by atoms with van der Waals surface area (Å²) in [5.41, 5.74) is 0.679. The third-order valence-corrected chi connectivity index (χ3v) is 4.30. The van der Waals surface area contributed by atoms with Crippen molar-refractivity contribution in [1.82, 2.24) is 10.6 Å². The van der Waals surface area contributed by atoms with Gasteiger partial charge in [-0.05, 0) is 42.8 Å². The van der Waals surface area contributed by atoms with Crippen LogP contribution in [0.2, 0.25) is 0 Å². The van der Waals surface area contributed by atoms with Crippen LogP contribution < -0.4 is 15.4 Å². The van der Waals surface area contributed by atoms with Crippen LogP contribution >= 0.6 is 0 Å². The summed E-state index contributed by atoms with van der Waals surface area (Å²) >= 11 is 0. The molecule has 29 heavy (non-hydrogen) atoms. The Balaban J connectivity index is 1.82. The number of hydrogen-bond acceptors (Lipinski definition) is 3. The topological polar surface area (TPSA) is 67.4 Å². The molecule has 0 radical (unpaired) electrons. The predicted octanol–water partition coefficient (Wildman–Crippen LogP) is 3.81. The lowest BCUT2D eigenvalue weighted by molar-refractivity contribution is -0.123. The monoisotopic (exact) mass is 394 g/mol. The van der Waals surface area contributed by atoms with Gasteiger partial charge in [0.15, 0.2) is 6.61 Å². The van der Waals surface area contributed by atoms with Gasteiger partial charge in [0.1, 0.15) is 11.6 Å². The molecule has 2 amide bonds. The fourth-order valence-electron chi connectivity index (χ4n) is 2.94. The summed E-state index contributed by atoms with van der Waals surface area (Å²) in [6, 6.07) is 17.2. The Morgan fingerprint density at radius 3 is 2.34 bits per heavy atom. The van der Waals surface area contributed by atoms with E-state index in [1.165, 1.54) is 6.07 Å². The summed E-state index contributed by atoms with van der Waals surface area (Å²) in [6.45, 7) is 3.56. The van der Waals surface area contributed by atoms with Crippen molar-refractivity contribution >= 4 is 22.6 Å². The minimum Gasteiger partial charge on any atom is -0.483 e. The summed E-state index contributed by atoms with van der Waals surface area (Å²) in [5.74, 6) is -0.758. The van der Waals surface area contributed by atoms with E-state index in [1.54, 1.807) is 30.3 Å². The number of rotatable bonds is 7. The van der Waals surface area contributed by atoms with Gasteiger partial charge in [-0.1, -0.05) is 42.5 Å². The van der Waals surface area contributed by atoms with Crippen molar-refractivity contribution in [2.24, 2.45) is 0 Å². The third kappa shape index (κ3) is 5.31. The standard InChI is InChI=1S/C23H23FN2O3/c1-15(2)26-22(27)14-29-21-12-17-8-4-3-7-16(17)11-19(21)23(28)25-13-18-9-5-6-10-20(18)24/h3-12,15H,13-14H2,1-2H3,(H,25,28)(H,26,27). The molecule has 150 valence electrons. The van der Waals surface area contributed by atoms with Gasteiger partial charge in [-0.3, -0.25) is 9.59 Å². The Labute approximate surface area is 168 Å². The van der Waals surface area contributed by atoms with Crippen molar-refractivity contribution in [2.45, 2.75) is 26.4 Å². The highest BCUT2D eigenvalue weighted by atomic mass is 19.1. The highest BCUT2D eigenvalue weighted by Crippen LogP contribution is 2.26. The molecule has 0 bridgehead atoms. The van der Waals surface area contributed by atoms with Crippen LogP contribution in [-0.2, 0) is 11.3 Å². The van der Waals surface area contributed by atoms with Crippen molar-refractivity contribution in [3.05, 3.63) is 77.6 Å². The molecule has 0 fully saturated rings. The SMILES string of the molecule is CC(C)NC(=O)COc1cc2ccccc2cc1C(=O)NCc1ccccc1F. The Morgan fingerprint density at radius 2 is 1.66 bits per heavy atom. The molecular formula is C23H23FN2O3. The summed E-state index contributed by atoms with van der Waals surface area (Å²) in [4.78, 5) is 24.7. The predicted molar refractivity (Wildman–Crippen MR) is 110 cm³/mol. The van der Waals surface area contributed by atoms with Crippen LogP contribution in [0.25, 0.3) is 10.8 Å². The Morgan fingerprint density at radius 1 is 1.00 bits per heavy atom. The minimum atomic E-state index is -0.404. The number of fused-ring (bicyclic) bond motifs is 1. The molecule has 5 nitrogen and oxygen atoms in total. The molecule has 0 unspecified atom stereocenters. The quantitative estimate of drug-likeness (QED) is 0.640. The van der Waals surface area contributed by atoms with Crippen molar-refractivity contribution in [3.8, 4) is 5.75 Å². The number of carbonyl (C=O) groups excluding carboxylic acids is 2. The fourth-order valence-corrected chi connectivity index (χ4v) is 2.94. The second-order valence-electron chi connectivity index (χ2n) is 6.98. The number of ether oxygens (including phenoxy) is 1. The zero-order chi connectivity index (χ0) is 20.8. The molecule has 6 heteroatoms. The summed E-state index contributed by atoms with van der Waals surface area (Å²) < 4.78 is 19.5. The summed E-state index contributed by atoms with van der Waals surface area (Å²) in [7, 11) is 0. The Hall–Kier alpha value is -3.41. The first-order valence-electron chi connectivity index (χ1n) is 9.40. The van der Waals surface area contributed by atoms with E-state index in [2.05, 4.69) is 10.6 Å². The van der Waals surface area contributed by atoms with Crippen LogP contribution in [0.1, 0.15) is 29.8 Å². The number of carbonyl (C=O) groups is 2. The lowest BCUT2D eigenvalue weighted by Gasteiger charge is -2.14. The van der Waals surface area contributed by atoms with Gasteiger partial charge in [0.05, 0.1) is 5.56 Å². The van der Waals surface area contributed by atoms with Gasteiger partial charge in [-0.2, -0.15) is 0 Å². The molecule has 3 rings (SSSR count). The van der Waals surface area contributed by atoms with Gasteiger partial charge in [-0.25, -0.2) is 4.39 Å². The van der Waals surface area contributed by atoms with Gasteiger partial charge < -0.3 is 15.4 Å². The van der Waals surface area contributed by atoms with E-state index >= 15 is 0 Å². The Bertz CT molecular complexity index is 1030.